The van der Waals surface area contributed by atoms with Gasteiger partial charge in [0.05, 0.1) is 17.7 Å². The van der Waals surface area contributed by atoms with Crippen molar-refractivity contribution in [1.29, 1.82) is 0 Å². The van der Waals surface area contributed by atoms with Crippen LogP contribution in [0.5, 0.6) is 0 Å². The van der Waals surface area contributed by atoms with Crippen molar-refractivity contribution in [3.63, 3.8) is 0 Å². The van der Waals surface area contributed by atoms with E-state index in [0.29, 0.717) is 5.92 Å². The van der Waals surface area contributed by atoms with Gasteiger partial charge in [0.1, 0.15) is 5.76 Å². The average molecular weight is 520 g/mol. The lowest BCUT2D eigenvalue weighted by Crippen LogP contribution is -2.34. The molecule has 0 amide bonds. The van der Waals surface area contributed by atoms with E-state index >= 15 is 0 Å². The van der Waals surface area contributed by atoms with Crippen LogP contribution in [0.15, 0.2) is 64.1 Å². The third kappa shape index (κ3) is 4.55. The van der Waals surface area contributed by atoms with Crippen molar-refractivity contribution >= 4 is 27.3 Å². The molecule has 4 aromatic rings. The molecule has 0 bridgehead atoms. The number of benzene rings is 2. The van der Waals surface area contributed by atoms with Gasteiger partial charge in [0.15, 0.2) is 0 Å². The Balaban J connectivity index is 1.53. The van der Waals surface area contributed by atoms with E-state index in [4.69, 9.17) is 4.52 Å². The molecule has 0 radical (unpaired) electrons. The smallest absolute Gasteiger partial charge is 0.141 e. The summed E-state index contributed by atoms with van der Waals surface area (Å²) in [5.74, 6) is 1.50. The Morgan fingerprint density at radius 1 is 1.12 bits per heavy atom. The molecule has 1 saturated heterocycles. The maximum absolute atomic E-state index is 5.41. The number of hydrogen-bond donors (Lipinski definition) is 1. The van der Waals surface area contributed by atoms with E-state index in [2.05, 4.69) is 79.6 Å². The highest BCUT2D eigenvalue weighted by Crippen LogP contribution is 2.37. The predicted octanol–water partition coefficient (Wildman–Crippen LogP) is 6.35. The molecule has 0 aliphatic carbocycles. The zero-order chi connectivity index (χ0) is 23.7. The number of halogens is 1. The Morgan fingerprint density at radius 2 is 1.94 bits per heavy atom. The number of piperidine rings is 1. The maximum Gasteiger partial charge on any atom is 0.141 e. The van der Waals surface area contributed by atoms with E-state index < -0.39 is 0 Å². The quantitative estimate of drug-likeness (QED) is 0.321. The van der Waals surface area contributed by atoms with Crippen molar-refractivity contribution in [2.45, 2.75) is 33.6 Å². The van der Waals surface area contributed by atoms with Crippen molar-refractivity contribution in [3.05, 3.63) is 76.6 Å². The molecule has 7 heteroatoms. The minimum Gasteiger partial charge on any atom is -0.361 e. The normalized spacial score (nSPS) is 14.5. The summed E-state index contributed by atoms with van der Waals surface area (Å²) in [5, 5.41) is 7.64. The zero-order valence-corrected chi connectivity index (χ0v) is 21.5. The second kappa shape index (κ2) is 9.76. The number of hydrogen-bond acceptors (Lipinski definition) is 5. The summed E-state index contributed by atoms with van der Waals surface area (Å²) < 4.78 is 8.48. The van der Waals surface area contributed by atoms with Crippen LogP contribution >= 0.6 is 15.9 Å². The van der Waals surface area contributed by atoms with Gasteiger partial charge in [-0.25, -0.2) is 4.98 Å². The molecular weight excluding hydrogens is 490 g/mol. The number of rotatable bonds is 6. The number of nitrogens with zero attached hydrogens (tertiary/aromatic N) is 4. The van der Waals surface area contributed by atoms with Crippen molar-refractivity contribution in [2.75, 3.05) is 24.5 Å². The molecule has 0 saturated carbocycles. The lowest BCUT2D eigenvalue weighted by molar-refractivity contribution is 0.380. The first-order chi connectivity index (χ1) is 16.5. The highest BCUT2D eigenvalue weighted by Gasteiger charge is 2.22. The number of aryl methyl sites for hydroxylation is 3. The van der Waals surface area contributed by atoms with Gasteiger partial charge in [-0.2, -0.15) is 0 Å². The summed E-state index contributed by atoms with van der Waals surface area (Å²) in [7, 11) is 0. The van der Waals surface area contributed by atoms with Gasteiger partial charge in [-0.05, 0) is 110 Å². The Kier molecular flexibility index (Phi) is 6.57. The second-order valence-electron chi connectivity index (χ2n) is 9.11. The van der Waals surface area contributed by atoms with Crippen molar-refractivity contribution < 1.29 is 4.52 Å². The minimum atomic E-state index is 0.648. The highest BCUT2D eigenvalue weighted by atomic mass is 79.9. The van der Waals surface area contributed by atoms with Crippen molar-refractivity contribution in [3.8, 4) is 16.8 Å². The van der Waals surface area contributed by atoms with Gasteiger partial charge in [-0.1, -0.05) is 11.2 Å². The molecule has 2 aromatic carbocycles. The SMILES string of the molecule is Cc1cc(-c2c(C)noc2C)ccc1N(CC1CCNCC1)c1ccc(-n2ccnc2)c(Br)c1. The van der Waals surface area contributed by atoms with Crippen LogP contribution in [0.2, 0.25) is 0 Å². The van der Waals surface area contributed by atoms with Gasteiger partial charge < -0.3 is 19.3 Å². The molecular formula is C27H30BrN5O. The van der Waals surface area contributed by atoms with E-state index in [1.807, 2.05) is 30.9 Å². The van der Waals surface area contributed by atoms with E-state index in [1.165, 1.54) is 29.8 Å². The van der Waals surface area contributed by atoms with Crippen LogP contribution < -0.4 is 10.2 Å². The fourth-order valence-corrected chi connectivity index (χ4v) is 5.52. The first-order valence-corrected chi connectivity index (χ1v) is 12.6. The summed E-state index contributed by atoms with van der Waals surface area (Å²) in [6, 6.07) is 13.3. The van der Waals surface area contributed by atoms with Crippen LogP contribution in [0.4, 0.5) is 11.4 Å². The molecule has 1 aliphatic rings. The van der Waals surface area contributed by atoms with Crippen LogP contribution in [0.1, 0.15) is 29.9 Å². The Hall–Kier alpha value is -2.90. The van der Waals surface area contributed by atoms with E-state index in [9.17, 15) is 0 Å². The molecule has 5 rings (SSSR count). The molecule has 6 nitrogen and oxygen atoms in total. The average Bonchev–Trinajstić information content (AvgIpc) is 3.48. The molecule has 0 spiro atoms. The Bertz CT molecular complexity index is 1250. The molecule has 1 N–H and O–H groups in total. The molecule has 34 heavy (non-hydrogen) atoms. The van der Waals surface area contributed by atoms with E-state index in [0.717, 1.165) is 52.4 Å². The van der Waals surface area contributed by atoms with Crippen LogP contribution in [-0.4, -0.2) is 34.3 Å². The fourth-order valence-electron chi connectivity index (χ4n) is 4.95. The van der Waals surface area contributed by atoms with Crippen LogP contribution in [0.25, 0.3) is 16.8 Å². The predicted molar refractivity (Wildman–Crippen MR) is 140 cm³/mol. The Morgan fingerprint density at radius 3 is 2.59 bits per heavy atom. The summed E-state index contributed by atoms with van der Waals surface area (Å²) in [6.45, 7) is 9.34. The third-order valence-corrected chi connectivity index (χ3v) is 7.37. The third-order valence-electron chi connectivity index (χ3n) is 6.73. The molecule has 1 aliphatic heterocycles. The lowest BCUT2D eigenvalue weighted by Gasteiger charge is -2.33. The summed E-state index contributed by atoms with van der Waals surface area (Å²) in [6.07, 6.45) is 7.98. The molecule has 1 fully saturated rings. The minimum absolute atomic E-state index is 0.648. The Labute approximate surface area is 209 Å². The molecule has 0 atom stereocenters. The summed E-state index contributed by atoms with van der Waals surface area (Å²) in [5.41, 5.74) is 7.90. The number of anilines is 2. The molecule has 2 aromatic heterocycles. The summed E-state index contributed by atoms with van der Waals surface area (Å²) >= 11 is 3.80. The van der Waals surface area contributed by atoms with Crippen LogP contribution in [0, 0.1) is 26.7 Å². The van der Waals surface area contributed by atoms with Gasteiger partial charge >= 0.3 is 0 Å². The van der Waals surface area contributed by atoms with Gasteiger partial charge in [0, 0.05) is 40.3 Å². The van der Waals surface area contributed by atoms with Gasteiger partial charge in [0.25, 0.3) is 0 Å². The van der Waals surface area contributed by atoms with Gasteiger partial charge in [-0.3, -0.25) is 0 Å². The molecule has 176 valence electrons. The second-order valence-corrected chi connectivity index (χ2v) is 9.96. The maximum atomic E-state index is 5.41. The lowest BCUT2D eigenvalue weighted by atomic mass is 9.95. The number of nitrogens with one attached hydrogen (secondary N) is 1. The van der Waals surface area contributed by atoms with E-state index in [1.54, 1.807) is 6.20 Å². The number of aromatic nitrogens is 3. The van der Waals surface area contributed by atoms with E-state index in [-0.39, 0.29) is 0 Å². The van der Waals surface area contributed by atoms with Crippen molar-refractivity contribution in [1.82, 2.24) is 20.0 Å². The molecule has 3 heterocycles. The van der Waals surface area contributed by atoms with Gasteiger partial charge in [-0.15, -0.1) is 0 Å². The largest absolute Gasteiger partial charge is 0.361 e. The van der Waals surface area contributed by atoms with Crippen LogP contribution in [-0.2, 0) is 0 Å². The monoisotopic (exact) mass is 519 g/mol. The van der Waals surface area contributed by atoms with Crippen molar-refractivity contribution in [2.24, 2.45) is 5.92 Å². The fraction of sp³-hybridized carbons (Fsp3) is 0.333. The molecule has 0 unspecified atom stereocenters. The summed E-state index contributed by atoms with van der Waals surface area (Å²) in [4.78, 5) is 6.67. The van der Waals surface area contributed by atoms with Gasteiger partial charge in [0.2, 0.25) is 0 Å². The first kappa shape index (κ1) is 22.9. The highest BCUT2D eigenvalue weighted by molar-refractivity contribution is 9.10. The first-order valence-electron chi connectivity index (χ1n) is 11.8. The number of imidazole rings is 1. The van der Waals surface area contributed by atoms with Crippen LogP contribution in [0.3, 0.4) is 0 Å². The standard InChI is InChI=1S/C27H30BrN5O/c1-18-14-22(27-19(2)31-34-20(27)3)4-6-25(18)33(16-21-8-10-29-11-9-21)23-5-7-26(24(28)15-23)32-13-12-30-17-32/h4-7,12-15,17,21,29H,8-11,16H2,1-3H3. The zero-order valence-electron chi connectivity index (χ0n) is 19.9. The topological polar surface area (TPSA) is 59.1 Å².